The van der Waals surface area contributed by atoms with Gasteiger partial charge in [-0.2, -0.15) is 0 Å². The number of hydrogen-bond acceptors (Lipinski definition) is 5. The number of hydrogen-bond donors (Lipinski definition) is 3. The van der Waals surface area contributed by atoms with Gasteiger partial charge in [0.25, 0.3) is 5.91 Å². The van der Waals surface area contributed by atoms with Crippen LogP contribution in [0.3, 0.4) is 0 Å². The summed E-state index contributed by atoms with van der Waals surface area (Å²) in [5.41, 5.74) is -0.218. The van der Waals surface area contributed by atoms with E-state index in [9.17, 15) is 19.8 Å². The molecule has 0 aliphatic carbocycles. The predicted octanol–water partition coefficient (Wildman–Crippen LogP) is 0.413. The number of aliphatic carboxylic acids is 1. The number of phenolic OH excluding ortho intramolecular Hbond substituents is 2. The number of aromatic hydroxyl groups is 2. The van der Waals surface area contributed by atoms with E-state index < -0.39 is 17.9 Å². The third-order valence-corrected chi connectivity index (χ3v) is 3.13. The van der Waals surface area contributed by atoms with Crippen molar-refractivity contribution in [1.29, 1.82) is 0 Å². The van der Waals surface area contributed by atoms with Crippen LogP contribution in [0.1, 0.15) is 16.8 Å². The molecule has 1 aliphatic heterocycles. The van der Waals surface area contributed by atoms with Gasteiger partial charge >= 0.3 is 5.97 Å². The summed E-state index contributed by atoms with van der Waals surface area (Å²) < 4.78 is 5.18. The molecule has 0 spiro atoms. The van der Waals surface area contributed by atoms with E-state index in [-0.39, 0.29) is 43.2 Å². The van der Waals surface area contributed by atoms with Crippen LogP contribution in [0, 0.1) is 0 Å². The molecule has 0 saturated carbocycles. The summed E-state index contributed by atoms with van der Waals surface area (Å²) in [6, 6.07) is 3.38. The largest absolute Gasteiger partial charge is 0.507 e. The topological polar surface area (TPSA) is 107 Å². The number of carbonyl (C=O) groups excluding carboxylic acids is 1. The Balaban J connectivity index is 2.28. The van der Waals surface area contributed by atoms with Gasteiger partial charge < -0.3 is 25.0 Å². The summed E-state index contributed by atoms with van der Waals surface area (Å²) in [5.74, 6) is -2.32. The first kappa shape index (κ1) is 14.1. The van der Waals surface area contributed by atoms with Gasteiger partial charge in [0.2, 0.25) is 0 Å². The molecule has 0 bridgehead atoms. The van der Waals surface area contributed by atoms with Crippen LogP contribution in [-0.4, -0.2) is 57.9 Å². The van der Waals surface area contributed by atoms with Crippen molar-refractivity contribution < 1.29 is 29.6 Å². The molecule has 20 heavy (non-hydrogen) atoms. The highest BCUT2D eigenvalue weighted by molar-refractivity contribution is 5.99. The molecule has 0 radical (unpaired) electrons. The second kappa shape index (κ2) is 5.79. The van der Waals surface area contributed by atoms with Crippen LogP contribution >= 0.6 is 0 Å². The van der Waals surface area contributed by atoms with E-state index in [0.29, 0.717) is 0 Å². The highest BCUT2D eigenvalue weighted by Crippen LogP contribution is 2.29. The maximum absolute atomic E-state index is 12.4. The maximum Gasteiger partial charge on any atom is 0.305 e. The molecule has 2 rings (SSSR count). The molecule has 1 atom stereocenters. The molecule has 1 heterocycles. The van der Waals surface area contributed by atoms with Crippen molar-refractivity contribution in [2.45, 2.75) is 12.5 Å². The number of carboxylic acid groups (broad SMARTS) is 1. The number of carboxylic acids is 1. The minimum Gasteiger partial charge on any atom is -0.507 e. The summed E-state index contributed by atoms with van der Waals surface area (Å²) in [6.45, 7) is 0.618. The highest BCUT2D eigenvalue weighted by Gasteiger charge is 2.32. The molecule has 108 valence electrons. The van der Waals surface area contributed by atoms with Crippen molar-refractivity contribution in [2.24, 2.45) is 0 Å². The molecule has 3 N–H and O–H groups in total. The van der Waals surface area contributed by atoms with Crippen LogP contribution in [-0.2, 0) is 9.53 Å². The minimum atomic E-state index is -1.04. The second-order valence-electron chi connectivity index (χ2n) is 4.50. The molecule has 1 saturated heterocycles. The molecule has 1 amide bonds. The maximum atomic E-state index is 12.4. The molecule has 1 aromatic rings. The normalized spacial score (nSPS) is 18.8. The van der Waals surface area contributed by atoms with E-state index >= 15 is 0 Å². The average molecular weight is 281 g/mol. The number of rotatable bonds is 3. The lowest BCUT2D eigenvalue weighted by Gasteiger charge is -2.35. The van der Waals surface area contributed by atoms with E-state index in [0.717, 1.165) is 0 Å². The molecule has 1 fully saturated rings. The third kappa shape index (κ3) is 2.83. The number of nitrogens with zero attached hydrogens (tertiary/aromatic N) is 1. The standard InChI is InChI=1S/C13H15NO6/c15-9-2-1-3-10(16)12(9)13(19)14-4-5-20-7-8(14)6-11(17)18/h1-3,8,15-16H,4-7H2,(H,17,18). The van der Waals surface area contributed by atoms with Crippen molar-refractivity contribution in [1.82, 2.24) is 4.90 Å². The van der Waals surface area contributed by atoms with E-state index in [2.05, 4.69) is 0 Å². The fraction of sp³-hybridized carbons (Fsp3) is 0.385. The SMILES string of the molecule is O=C(O)CC1COCCN1C(=O)c1c(O)cccc1O. The number of phenols is 2. The van der Waals surface area contributed by atoms with Gasteiger partial charge in [-0.25, -0.2) is 0 Å². The lowest BCUT2D eigenvalue weighted by atomic mass is 10.1. The van der Waals surface area contributed by atoms with Crippen LogP contribution in [0.2, 0.25) is 0 Å². The van der Waals surface area contributed by atoms with Crippen molar-refractivity contribution in [2.75, 3.05) is 19.8 Å². The van der Waals surface area contributed by atoms with E-state index in [1.165, 1.54) is 23.1 Å². The Morgan fingerprint density at radius 3 is 2.55 bits per heavy atom. The predicted molar refractivity (Wildman–Crippen MR) is 67.7 cm³/mol. The van der Waals surface area contributed by atoms with Crippen molar-refractivity contribution in [3.8, 4) is 11.5 Å². The van der Waals surface area contributed by atoms with Crippen LogP contribution in [0.4, 0.5) is 0 Å². The van der Waals surface area contributed by atoms with Crippen molar-refractivity contribution in [3.05, 3.63) is 23.8 Å². The van der Waals surface area contributed by atoms with Crippen LogP contribution in [0.5, 0.6) is 11.5 Å². The Morgan fingerprint density at radius 2 is 1.95 bits per heavy atom. The van der Waals surface area contributed by atoms with Gasteiger partial charge in [0.1, 0.15) is 17.1 Å². The molecule has 1 aromatic carbocycles. The molecular weight excluding hydrogens is 266 g/mol. The van der Waals surface area contributed by atoms with Crippen LogP contribution in [0.25, 0.3) is 0 Å². The van der Waals surface area contributed by atoms with Crippen molar-refractivity contribution in [3.63, 3.8) is 0 Å². The molecule has 7 nitrogen and oxygen atoms in total. The Kier molecular flexibility index (Phi) is 4.09. The smallest absolute Gasteiger partial charge is 0.305 e. The fourth-order valence-electron chi connectivity index (χ4n) is 2.18. The molecule has 7 heteroatoms. The number of ether oxygens (including phenoxy) is 1. The van der Waals surface area contributed by atoms with Crippen LogP contribution < -0.4 is 0 Å². The Hall–Kier alpha value is -2.28. The zero-order valence-corrected chi connectivity index (χ0v) is 10.7. The quantitative estimate of drug-likeness (QED) is 0.741. The fourth-order valence-corrected chi connectivity index (χ4v) is 2.18. The highest BCUT2D eigenvalue weighted by atomic mass is 16.5. The summed E-state index contributed by atoms with van der Waals surface area (Å²) in [5, 5.41) is 28.3. The second-order valence-corrected chi connectivity index (χ2v) is 4.50. The Bertz CT molecular complexity index is 509. The van der Waals surface area contributed by atoms with Gasteiger partial charge in [0, 0.05) is 6.54 Å². The number of benzene rings is 1. The summed E-state index contributed by atoms with van der Waals surface area (Å²) >= 11 is 0. The summed E-state index contributed by atoms with van der Waals surface area (Å²) in [6.07, 6.45) is -0.250. The van der Waals surface area contributed by atoms with Crippen molar-refractivity contribution >= 4 is 11.9 Å². The first-order chi connectivity index (χ1) is 9.50. The summed E-state index contributed by atoms with van der Waals surface area (Å²) in [4.78, 5) is 24.5. The first-order valence-electron chi connectivity index (χ1n) is 6.12. The van der Waals surface area contributed by atoms with Gasteiger partial charge in [-0.1, -0.05) is 6.07 Å². The molecule has 0 aromatic heterocycles. The van der Waals surface area contributed by atoms with Gasteiger partial charge in [-0.3, -0.25) is 9.59 Å². The van der Waals surface area contributed by atoms with E-state index in [1.807, 2.05) is 0 Å². The zero-order valence-electron chi connectivity index (χ0n) is 10.7. The third-order valence-electron chi connectivity index (χ3n) is 3.13. The van der Waals surface area contributed by atoms with E-state index in [4.69, 9.17) is 9.84 Å². The Labute approximate surface area is 115 Å². The number of morpholine rings is 1. The van der Waals surface area contributed by atoms with Gasteiger partial charge in [-0.15, -0.1) is 0 Å². The Morgan fingerprint density at radius 1 is 1.30 bits per heavy atom. The van der Waals surface area contributed by atoms with E-state index in [1.54, 1.807) is 0 Å². The summed E-state index contributed by atoms with van der Waals surface area (Å²) in [7, 11) is 0. The molecular formula is C13H15NO6. The average Bonchev–Trinajstić information content (AvgIpc) is 2.38. The molecule has 1 aliphatic rings. The lowest BCUT2D eigenvalue weighted by molar-refractivity contribution is -0.139. The van der Waals surface area contributed by atoms with Gasteiger partial charge in [0.15, 0.2) is 0 Å². The number of amides is 1. The van der Waals surface area contributed by atoms with Gasteiger partial charge in [-0.05, 0) is 12.1 Å². The van der Waals surface area contributed by atoms with Crippen LogP contribution in [0.15, 0.2) is 18.2 Å². The van der Waals surface area contributed by atoms with Gasteiger partial charge in [0.05, 0.1) is 25.7 Å². The number of carbonyl (C=O) groups is 2. The monoisotopic (exact) mass is 281 g/mol. The minimum absolute atomic E-state index is 0.117. The lowest BCUT2D eigenvalue weighted by Crippen LogP contribution is -2.49. The first-order valence-corrected chi connectivity index (χ1v) is 6.12. The molecule has 1 unspecified atom stereocenters. The zero-order chi connectivity index (χ0) is 14.7.